The number of hydrogen-bond acceptors (Lipinski definition) is 4. The number of fused-ring (bicyclic) bond motifs is 3. The summed E-state index contributed by atoms with van der Waals surface area (Å²) in [6.45, 7) is 0. The molecule has 2 N–H and O–H groups in total. The molecule has 6 heteroatoms. The maximum atomic E-state index is 12.2. The van der Waals surface area contributed by atoms with Crippen molar-refractivity contribution in [2.75, 3.05) is 0 Å². The van der Waals surface area contributed by atoms with E-state index in [1.54, 1.807) is 0 Å². The molecule has 0 saturated carbocycles. The molecule has 5 nitrogen and oxygen atoms in total. The van der Waals surface area contributed by atoms with Crippen LogP contribution in [-0.4, -0.2) is 27.9 Å². The van der Waals surface area contributed by atoms with Crippen LogP contribution in [0.5, 0.6) is 0 Å². The standard InChI is InChI=1S/C16H10O5S/c17-14-12(15(18)19)4-8-1-9(5-13(14)16(20)21)3-11-7-22-6-10(11)2-8/h2-7H,1H2,(H,18,19)(H,20,21). The maximum absolute atomic E-state index is 12.2. The second-order valence-corrected chi connectivity index (χ2v) is 5.70. The third-order valence-electron chi connectivity index (χ3n) is 3.42. The highest BCUT2D eigenvalue weighted by atomic mass is 32.1. The molecule has 0 radical (unpaired) electrons. The third kappa shape index (κ3) is 2.44. The summed E-state index contributed by atoms with van der Waals surface area (Å²) in [5.74, 6) is -3.85. The molecule has 110 valence electrons. The number of aliphatic carboxylic acids is 2. The third-order valence-corrected chi connectivity index (χ3v) is 4.20. The van der Waals surface area contributed by atoms with Crippen molar-refractivity contribution in [3.8, 4) is 0 Å². The van der Waals surface area contributed by atoms with Gasteiger partial charge in [0, 0.05) is 0 Å². The summed E-state index contributed by atoms with van der Waals surface area (Å²) in [4.78, 5) is 34.8. The summed E-state index contributed by atoms with van der Waals surface area (Å²) in [5, 5.41) is 22.2. The highest BCUT2D eigenvalue weighted by Crippen LogP contribution is 2.32. The summed E-state index contributed by atoms with van der Waals surface area (Å²) >= 11 is 1.50. The Morgan fingerprint density at radius 2 is 1.32 bits per heavy atom. The van der Waals surface area contributed by atoms with Crippen molar-refractivity contribution >= 4 is 41.2 Å². The number of carboxylic acids is 2. The van der Waals surface area contributed by atoms with Crippen LogP contribution in [-0.2, 0) is 14.4 Å². The van der Waals surface area contributed by atoms with Crippen molar-refractivity contribution < 1.29 is 24.6 Å². The van der Waals surface area contributed by atoms with Crippen LogP contribution in [0.3, 0.4) is 0 Å². The van der Waals surface area contributed by atoms with Crippen LogP contribution in [0.2, 0.25) is 0 Å². The fourth-order valence-corrected chi connectivity index (χ4v) is 3.21. The Hall–Kier alpha value is -2.73. The van der Waals surface area contributed by atoms with E-state index < -0.39 is 28.9 Å². The molecule has 22 heavy (non-hydrogen) atoms. The molecule has 3 rings (SSSR count). The molecule has 0 fully saturated rings. The molecule has 1 aromatic heterocycles. The van der Waals surface area contributed by atoms with E-state index in [-0.39, 0.29) is 0 Å². The van der Waals surface area contributed by atoms with E-state index in [1.165, 1.54) is 23.5 Å². The zero-order valence-electron chi connectivity index (χ0n) is 11.2. The van der Waals surface area contributed by atoms with E-state index >= 15 is 0 Å². The van der Waals surface area contributed by atoms with Crippen LogP contribution in [0.1, 0.15) is 17.5 Å². The van der Waals surface area contributed by atoms with Crippen LogP contribution in [0.25, 0.3) is 12.2 Å². The van der Waals surface area contributed by atoms with Crippen LogP contribution in [0, 0.1) is 0 Å². The van der Waals surface area contributed by atoms with Gasteiger partial charge < -0.3 is 10.2 Å². The van der Waals surface area contributed by atoms with E-state index in [4.69, 9.17) is 0 Å². The van der Waals surface area contributed by atoms with E-state index in [1.807, 2.05) is 22.9 Å². The van der Waals surface area contributed by atoms with Gasteiger partial charge in [0.05, 0.1) is 0 Å². The maximum Gasteiger partial charge on any atom is 0.339 e. The van der Waals surface area contributed by atoms with E-state index in [2.05, 4.69) is 0 Å². The largest absolute Gasteiger partial charge is 0.478 e. The van der Waals surface area contributed by atoms with Crippen LogP contribution in [0.4, 0.5) is 0 Å². The highest BCUT2D eigenvalue weighted by molar-refractivity contribution is 7.08. The lowest BCUT2D eigenvalue weighted by molar-refractivity contribution is -0.135. The van der Waals surface area contributed by atoms with Gasteiger partial charge in [-0.3, -0.25) is 4.79 Å². The molecule has 2 aliphatic carbocycles. The fraction of sp³-hybridized carbons (Fsp3) is 0.0625. The minimum absolute atomic E-state index is 0.375. The predicted octanol–water partition coefficient (Wildman–Crippen LogP) is 2.52. The van der Waals surface area contributed by atoms with Gasteiger partial charge in [0.15, 0.2) is 0 Å². The summed E-state index contributed by atoms with van der Waals surface area (Å²) in [6.07, 6.45) is 6.55. The highest BCUT2D eigenvalue weighted by Gasteiger charge is 2.28. The zero-order valence-corrected chi connectivity index (χ0v) is 12.0. The molecule has 0 aromatic carbocycles. The van der Waals surface area contributed by atoms with Gasteiger partial charge in [0.1, 0.15) is 11.1 Å². The molecule has 0 amide bonds. The predicted molar refractivity (Wildman–Crippen MR) is 81.3 cm³/mol. The molecule has 0 atom stereocenters. The van der Waals surface area contributed by atoms with Gasteiger partial charge in [0.2, 0.25) is 5.78 Å². The van der Waals surface area contributed by atoms with E-state index in [0.29, 0.717) is 17.6 Å². The molecule has 1 aromatic rings. The number of carboxylic acid groups (broad SMARTS) is 2. The fourth-order valence-electron chi connectivity index (χ4n) is 2.44. The van der Waals surface area contributed by atoms with Gasteiger partial charge in [-0.25, -0.2) is 9.59 Å². The van der Waals surface area contributed by atoms with Crippen molar-refractivity contribution in [1.29, 1.82) is 0 Å². The van der Waals surface area contributed by atoms with Crippen LogP contribution >= 0.6 is 11.3 Å². The van der Waals surface area contributed by atoms with Crippen molar-refractivity contribution in [2.24, 2.45) is 0 Å². The number of ketones is 1. The summed E-state index contributed by atoms with van der Waals surface area (Å²) < 4.78 is 0. The molecule has 2 aliphatic rings. The second-order valence-electron chi connectivity index (χ2n) is 4.95. The first kappa shape index (κ1) is 14.2. The summed E-state index contributed by atoms with van der Waals surface area (Å²) in [5.41, 5.74) is 2.12. The van der Waals surface area contributed by atoms with Gasteiger partial charge in [0.25, 0.3) is 0 Å². The minimum atomic E-state index is -1.43. The molecule has 2 bridgehead atoms. The lowest BCUT2D eigenvalue weighted by Crippen LogP contribution is -2.21. The van der Waals surface area contributed by atoms with E-state index in [9.17, 15) is 24.6 Å². The molecular weight excluding hydrogens is 304 g/mol. The second kappa shape index (κ2) is 5.23. The summed E-state index contributed by atoms with van der Waals surface area (Å²) in [7, 11) is 0. The number of Topliss-reactive ketones (excluding diaryl/α,β-unsaturated/α-hetero) is 1. The molecule has 0 unspecified atom stereocenters. The van der Waals surface area contributed by atoms with Crippen molar-refractivity contribution in [1.82, 2.24) is 0 Å². The topological polar surface area (TPSA) is 91.7 Å². The Balaban J connectivity index is 2.28. The first-order valence-electron chi connectivity index (χ1n) is 6.37. The minimum Gasteiger partial charge on any atom is -0.478 e. The van der Waals surface area contributed by atoms with Crippen molar-refractivity contribution in [2.45, 2.75) is 6.42 Å². The average Bonchev–Trinajstić information content (AvgIpc) is 2.78. The molecule has 1 heterocycles. The zero-order chi connectivity index (χ0) is 15.9. The average molecular weight is 314 g/mol. The quantitative estimate of drug-likeness (QED) is 0.818. The van der Waals surface area contributed by atoms with Crippen LogP contribution < -0.4 is 0 Å². The number of carbonyl (C=O) groups excluding carboxylic acids is 1. The lowest BCUT2D eigenvalue weighted by Gasteiger charge is -2.11. The van der Waals surface area contributed by atoms with Gasteiger partial charge in [-0.05, 0) is 63.8 Å². The monoisotopic (exact) mass is 314 g/mol. The smallest absolute Gasteiger partial charge is 0.339 e. The first-order chi connectivity index (χ1) is 10.5. The van der Waals surface area contributed by atoms with Crippen LogP contribution in [0.15, 0.2) is 45.2 Å². The Labute approximate surface area is 129 Å². The number of hydrogen-bond donors (Lipinski definition) is 2. The molecule has 0 spiro atoms. The number of rotatable bonds is 2. The SMILES string of the molecule is O=C(O)C1=CC2=Cc3cscc3C=C(C=C(C(=O)O)C1=O)C2. The molecule has 0 aliphatic heterocycles. The summed E-state index contributed by atoms with van der Waals surface area (Å²) in [6, 6.07) is 0. The lowest BCUT2D eigenvalue weighted by atomic mass is 9.92. The van der Waals surface area contributed by atoms with Gasteiger partial charge in [-0.1, -0.05) is 0 Å². The van der Waals surface area contributed by atoms with Gasteiger partial charge >= 0.3 is 11.9 Å². The number of carbonyl (C=O) groups is 3. The Bertz CT molecular complexity index is 768. The number of allylic oxidation sites excluding steroid dienone is 4. The normalized spacial score (nSPS) is 17.0. The Morgan fingerprint density at radius 1 is 0.864 bits per heavy atom. The van der Waals surface area contributed by atoms with E-state index in [0.717, 1.165) is 11.1 Å². The van der Waals surface area contributed by atoms with Gasteiger partial charge in [-0.2, -0.15) is 11.3 Å². The molecule has 0 saturated heterocycles. The Kier molecular flexibility index (Phi) is 3.38. The number of thiophene rings is 1. The first-order valence-corrected chi connectivity index (χ1v) is 7.32. The Morgan fingerprint density at radius 3 is 1.73 bits per heavy atom. The van der Waals surface area contributed by atoms with Gasteiger partial charge in [-0.15, -0.1) is 0 Å². The molecular formula is C16H10O5S. The van der Waals surface area contributed by atoms with Crippen molar-refractivity contribution in [3.63, 3.8) is 0 Å². The van der Waals surface area contributed by atoms with Crippen molar-refractivity contribution in [3.05, 3.63) is 56.3 Å².